The molecule has 0 atom stereocenters. The molecule has 2 aromatic carbocycles. The SMILES string of the molecule is CC.CC.CC.CC.O=S(=O)(Cl)c1cccc2cccnc12.c1ccc2ncccc2c1. The highest BCUT2D eigenvalue weighted by Gasteiger charge is 2.14. The number of fused-ring (bicyclic) bond motifs is 2. The highest BCUT2D eigenvalue weighted by atomic mass is 35.7. The van der Waals surface area contributed by atoms with Crippen molar-refractivity contribution in [1.82, 2.24) is 9.97 Å². The maximum absolute atomic E-state index is 11.2. The van der Waals surface area contributed by atoms with Gasteiger partial charge in [0.2, 0.25) is 0 Å². The molecule has 2 aromatic heterocycles. The Morgan fingerprint density at radius 3 is 1.62 bits per heavy atom. The van der Waals surface area contributed by atoms with Crippen molar-refractivity contribution in [1.29, 1.82) is 0 Å². The van der Waals surface area contributed by atoms with Crippen molar-refractivity contribution in [3.63, 3.8) is 0 Å². The fourth-order valence-electron chi connectivity index (χ4n) is 2.29. The lowest BCUT2D eigenvalue weighted by Crippen LogP contribution is -1.93. The monoisotopic (exact) mass is 476 g/mol. The molecule has 176 valence electrons. The number of aromatic nitrogens is 2. The van der Waals surface area contributed by atoms with Gasteiger partial charge in [-0.3, -0.25) is 9.97 Å². The summed E-state index contributed by atoms with van der Waals surface area (Å²) in [4.78, 5) is 8.22. The van der Waals surface area contributed by atoms with Crippen LogP contribution in [-0.4, -0.2) is 18.4 Å². The molecule has 0 N–H and O–H groups in total. The zero-order valence-electron chi connectivity index (χ0n) is 20.5. The van der Waals surface area contributed by atoms with Crippen LogP contribution in [0.2, 0.25) is 0 Å². The van der Waals surface area contributed by atoms with E-state index in [1.807, 2.05) is 85.9 Å². The predicted molar refractivity (Wildman–Crippen MR) is 142 cm³/mol. The molecule has 0 spiro atoms. The summed E-state index contributed by atoms with van der Waals surface area (Å²) >= 11 is 0. The third-order valence-corrected chi connectivity index (χ3v) is 4.72. The maximum Gasteiger partial charge on any atom is 0.263 e. The molecular formula is C26H37ClN2O2S. The fraction of sp³-hybridized carbons (Fsp3) is 0.308. The molecule has 2 heterocycles. The molecule has 0 bridgehead atoms. The average Bonchev–Trinajstić information content (AvgIpc) is 2.88. The Morgan fingerprint density at radius 2 is 1.06 bits per heavy atom. The van der Waals surface area contributed by atoms with Gasteiger partial charge in [-0.2, -0.15) is 0 Å². The summed E-state index contributed by atoms with van der Waals surface area (Å²) in [6.45, 7) is 16.0. The zero-order valence-corrected chi connectivity index (χ0v) is 22.1. The van der Waals surface area contributed by atoms with E-state index >= 15 is 0 Å². The van der Waals surface area contributed by atoms with Crippen molar-refractivity contribution in [2.75, 3.05) is 0 Å². The molecule has 6 heteroatoms. The van der Waals surface area contributed by atoms with Gasteiger partial charge in [0.1, 0.15) is 4.90 Å². The van der Waals surface area contributed by atoms with Gasteiger partial charge in [0.15, 0.2) is 0 Å². The maximum atomic E-state index is 11.2. The van der Waals surface area contributed by atoms with Gasteiger partial charge < -0.3 is 0 Å². The van der Waals surface area contributed by atoms with Crippen molar-refractivity contribution in [3.05, 3.63) is 79.1 Å². The van der Waals surface area contributed by atoms with E-state index in [1.54, 1.807) is 24.3 Å². The molecule has 0 unspecified atom stereocenters. The van der Waals surface area contributed by atoms with Gasteiger partial charge in [0.25, 0.3) is 9.05 Å². The van der Waals surface area contributed by atoms with Crippen molar-refractivity contribution in [2.45, 2.75) is 60.3 Å². The van der Waals surface area contributed by atoms with Gasteiger partial charge in [-0.1, -0.05) is 97.9 Å². The Labute approximate surface area is 199 Å². The molecule has 4 aromatic rings. The minimum atomic E-state index is -3.72. The first-order valence-electron chi connectivity index (χ1n) is 11.1. The molecule has 0 aliphatic heterocycles. The van der Waals surface area contributed by atoms with E-state index in [1.165, 1.54) is 17.6 Å². The number of para-hydroxylation sites is 2. The Bertz CT molecular complexity index is 1030. The second kappa shape index (κ2) is 19.2. The van der Waals surface area contributed by atoms with Gasteiger partial charge in [0.05, 0.1) is 11.0 Å². The van der Waals surface area contributed by atoms with Crippen molar-refractivity contribution >= 4 is 41.5 Å². The van der Waals surface area contributed by atoms with E-state index < -0.39 is 9.05 Å². The first kappa shape index (κ1) is 31.7. The lowest BCUT2D eigenvalue weighted by atomic mass is 10.2. The Balaban J connectivity index is 0. The quantitative estimate of drug-likeness (QED) is 0.258. The van der Waals surface area contributed by atoms with Crippen LogP contribution in [0.15, 0.2) is 84.0 Å². The summed E-state index contributed by atoms with van der Waals surface area (Å²) in [7, 11) is 1.55. The summed E-state index contributed by atoms with van der Waals surface area (Å²) in [5.41, 5.74) is 1.47. The third kappa shape index (κ3) is 10.7. The van der Waals surface area contributed by atoms with Crippen LogP contribution in [0.5, 0.6) is 0 Å². The molecule has 0 amide bonds. The van der Waals surface area contributed by atoms with E-state index in [-0.39, 0.29) is 4.90 Å². The topological polar surface area (TPSA) is 59.9 Å². The van der Waals surface area contributed by atoms with E-state index in [4.69, 9.17) is 10.7 Å². The van der Waals surface area contributed by atoms with Gasteiger partial charge in [-0.25, -0.2) is 8.42 Å². The summed E-state index contributed by atoms with van der Waals surface area (Å²) in [6, 6.07) is 20.5. The predicted octanol–water partition coefficient (Wildman–Crippen LogP) is 8.50. The van der Waals surface area contributed by atoms with Crippen LogP contribution < -0.4 is 0 Å². The highest BCUT2D eigenvalue weighted by Crippen LogP contribution is 2.23. The molecule has 4 rings (SSSR count). The molecule has 0 fully saturated rings. The van der Waals surface area contributed by atoms with Crippen LogP contribution in [0.3, 0.4) is 0 Å². The third-order valence-electron chi connectivity index (χ3n) is 3.37. The van der Waals surface area contributed by atoms with E-state index in [0.717, 1.165) is 10.9 Å². The Morgan fingerprint density at radius 1 is 0.594 bits per heavy atom. The largest absolute Gasteiger partial charge is 0.263 e. The molecule has 4 nitrogen and oxygen atoms in total. The lowest BCUT2D eigenvalue weighted by molar-refractivity contribution is 0.610. The normalized spacial score (nSPS) is 9.03. The van der Waals surface area contributed by atoms with Crippen LogP contribution in [0.4, 0.5) is 0 Å². The molecule has 32 heavy (non-hydrogen) atoms. The van der Waals surface area contributed by atoms with Crippen LogP contribution in [-0.2, 0) is 9.05 Å². The van der Waals surface area contributed by atoms with E-state index in [0.29, 0.717) is 5.52 Å². The van der Waals surface area contributed by atoms with Crippen molar-refractivity contribution < 1.29 is 8.42 Å². The van der Waals surface area contributed by atoms with Crippen LogP contribution >= 0.6 is 10.7 Å². The zero-order chi connectivity index (χ0) is 25.0. The van der Waals surface area contributed by atoms with Crippen LogP contribution in [0.1, 0.15) is 55.4 Å². The molecule has 0 aliphatic rings. The Kier molecular flexibility index (Phi) is 19.0. The summed E-state index contributed by atoms with van der Waals surface area (Å²) in [5.74, 6) is 0. The number of benzene rings is 2. The standard InChI is InChI=1S/C9H6ClNO2S.C9H7N.4C2H6/c10-14(12,13)8-5-1-3-7-4-2-6-11-9(7)8;1-2-6-9-8(4-1)5-3-7-10-9;4*1-2/h1-6H;1-7H;4*1-2H3. The number of pyridine rings is 2. The van der Waals surface area contributed by atoms with Crippen LogP contribution in [0.25, 0.3) is 21.8 Å². The van der Waals surface area contributed by atoms with E-state index in [9.17, 15) is 8.42 Å². The first-order chi connectivity index (χ1) is 15.6. The molecular weight excluding hydrogens is 440 g/mol. The smallest absolute Gasteiger partial charge is 0.256 e. The van der Waals surface area contributed by atoms with Crippen LogP contribution in [0, 0.1) is 0 Å². The summed E-state index contributed by atoms with van der Waals surface area (Å²) in [6.07, 6.45) is 3.34. The minimum Gasteiger partial charge on any atom is -0.256 e. The number of halogens is 1. The number of hydrogen-bond acceptors (Lipinski definition) is 4. The van der Waals surface area contributed by atoms with Gasteiger partial charge in [-0.05, 0) is 24.3 Å². The van der Waals surface area contributed by atoms with Gasteiger partial charge in [-0.15, -0.1) is 0 Å². The van der Waals surface area contributed by atoms with Crippen molar-refractivity contribution in [3.8, 4) is 0 Å². The lowest BCUT2D eigenvalue weighted by Gasteiger charge is -2.00. The van der Waals surface area contributed by atoms with Crippen molar-refractivity contribution in [2.24, 2.45) is 0 Å². The second-order valence-electron chi connectivity index (χ2n) is 4.97. The first-order valence-corrected chi connectivity index (χ1v) is 13.4. The summed E-state index contributed by atoms with van der Waals surface area (Å²) < 4.78 is 22.3. The number of hydrogen-bond donors (Lipinski definition) is 0. The molecule has 0 radical (unpaired) electrons. The average molecular weight is 477 g/mol. The Hall–Kier alpha value is -2.50. The summed E-state index contributed by atoms with van der Waals surface area (Å²) in [5, 5.41) is 1.96. The highest BCUT2D eigenvalue weighted by molar-refractivity contribution is 8.14. The number of rotatable bonds is 1. The van der Waals surface area contributed by atoms with Gasteiger partial charge >= 0.3 is 0 Å². The fourth-order valence-corrected chi connectivity index (χ4v) is 3.31. The molecule has 0 aliphatic carbocycles. The minimum absolute atomic E-state index is 0.0530. The van der Waals surface area contributed by atoms with Gasteiger partial charge in [0, 0.05) is 33.8 Å². The molecule has 0 saturated carbocycles. The number of nitrogens with zero attached hydrogens (tertiary/aromatic N) is 2. The second-order valence-corrected chi connectivity index (χ2v) is 7.50. The molecule has 0 saturated heterocycles. The van der Waals surface area contributed by atoms with E-state index in [2.05, 4.69) is 22.1 Å².